The molecule has 0 radical (unpaired) electrons. The molecular weight excluding hydrogens is 380 g/mol. The summed E-state index contributed by atoms with van der Waals surface area (Å²) in [5, 5.41) is 20.8. The normalized spacial score (nSPS) is 11.0. The van der Waals surface area contributed by atoms with Crippen molar-refractivity contribution in [1.82, 2.24) is 20.2 Å². The van der Waals surface area contributed by atoms with Crippen LogP contribution in [0.4, 0.5) is 0 Å². The molecule has 2 rings (SSSR count). The molecule has 0 bridgehead atoms. The van der Waals surface area contributed by atoms with Crippen molar-refractivity contribution in [3.63, 3.8) is 0 Å². The second kappa shape index (κ2) is 5.38. The fourth-order valence-electron chi connectivity index (χ4n) is 1.66. The van der Waals surface area contributed by atoms with Crippen LogP contribution in [0.5, 0.6) is 0 Å². The maximum atomic E-state index is 11.4. The minimum Gasteiger partial charge on any atom is -0.478 e. The van der Waals surface area contributed by atoms with E-state index in [-0.39, 0.29) is 11.5 Å². The summed E-state index contributed by atoms with van der Waals surface area (Å²) >= 11 is 6.63. The van der Waals surface area contributed by atoms with Gasteiger partial charge in [-0.1, -0.05) is 29.8 Å². The molecule has 6 nitrogen and oxygen atoms in total. The monoisotopic (exact) mass is 388 g/mol. The molecule has 1 heterocycles. The molecular formula is C11H10Br2N4O2. The maximum Gasteiger partial charge on any atom is 0.337 e. The molecule has 0 amide bonds. The van der Waals surface area contributed by atoms with Gasteiger partial charge in [0.1, 0.15) is 0 Å². The predicted octanol–water partition coefficient (Wildman–Crippen LogP) is 3.01. The van der Waals surface area contributed by atoms with Crippen molar-refractivity contribution in [3.05, 3.63) is 32.5 Å². The van der Waals surface area contributed by atoms with Crippen molar-refractivity contribution in [1.29, 1.82) is 0 Å². The Morgan fingerprint density at radius 3 is 2.63 bits per heavy atom. The molecule has 0 unspecified atom stereocenters. The van der Waals surface area contributed by atoms with Crippen molar-refractivity contribution < 1.29 is 9.90 Å². The number of rotatable bonds is 3. The summed E-state index contributed by atoms with van der Waals surface area (Å²) in [5.41, 5.74) is 0.542. The number of carbonyl (C=O) groups is 1. The summed E-state index contributed by atoms with van der Waals surface area (Å²) in [5.74, 6) is -0.361. The average Bonchev–Trinajstić information content (AvgIpc) is 2.76. The molecule has 0 fully saturated rings. The second-order valence-electron chi connectivity index (χ2n) is 4.19. The third-order valence-electron chi connectivity index (χ3n) is 2.48. The quantitative estimate of drug-likeness (QED) is 0.872. The number of aromatic carboxylic acids is 1. The predicted molar refractivity (Wildman–Crippen MR) is 75.6 cm³/mol. The lowest BCUT2D eigenvalue weighted by molar-refractivity contribution is 0.0696. The van der Waals surface area contributed by atoms with Crippen LogP contribution < -0.4 is 0 Å². The van der Waals surface area contributed by atoms with Crippen LogP contribution in [-0.2, 0) is 0 Å². The van der Waals surface area contributed by atoms with Gasteiger partial charge in [-0.05, 0) is 38.5 Å². The van der Waals surface area contributed by atoms with Gasteiger partial charge in [0, 0.05) is 14.9 Å². The minimum atomic E-state index is -1.04. The number of aromatic nitrogens is 4. The Balaban J connectivity index is 2.74. The van der Waals surface area contributed by atoms with Crippen molar-refractivity contribution in [2.45, 2.75) is 19.8 Å². The third kappa shape index (κ3) is 2.69. The lowest BCUT2D eigenvalue weighted by Gasteiger charge is -2.12. The van der Waals surface area contributed by atoms with Crippen LogP contribution in [-0.4, -0.2) is 31.3 Å². The van der Waals surface area contributed by atoms with Gasteiger partial charge in [0.2, 0.25) is 0 Å². The Bertz CT molecular complexity index is 640. The van der Waals surface area contributed by atoms with Crippen LogP contribution in [0.15, 0.2) is 21.1 Å². The van der Waals surface area contributed by atoms with Crippen LogP contribution in [0.2, 0.25) is 0 Å². The topological polar surface area (TPSA) is 80.9 Å². The summed E-state index contributed by atoms with van der Waals surface area (Å²) < 4.78 is 2.72. The lowest BCUT2D eigenvalue weighted by atomic mass is 10.1. The zero-order valence-corrected chi connectivity index (χ0v) is 13.3. The number of benzene rings is 1. The Morgan fingerprint density at radius 1 is 1.37 bits per heavy atom. The maximum absolute atomic E-state index is 11.4. The molecule has 1 aromatic carbocycles. The highest BCUT2D eigenvalue weighted by atomic mass is 79.9. The van der Waals surface area contributed by atoms with E-state index in [9.17, 15) is 9.90 Å². The van der Waals surface area contributed by atoms with Gasteiger partial charge in [0.05, 0.1) is 11.3 Å². The molecule has 8 heteroatoms. The molecule has 19 heavy (non-hydrogen) atoms. The van der Waals surface area contributed by atoms with E-state index in [4.69, 9.17) is 0 Å². The molecule has 0 aliphatic rings. The zero-order valence-electron chi connectivity index (χ0n) is 10.1. The summed E-state index contributed by atoms with van der Waals surface area (Å²) in [6.45, 7) is 3.88. The molecule has 0 saturated heterocycles. The summed E-state index contributed by atoms with van der Waals surface area (Å²) in [4.78, 5) is 11.4. The number of hydrogen-bond acceptors (Lipinski definition) is 4. The standard InChI is InChI=1S/C11H10Br2N4O2/c1-5(2)10-14-15-16-17(10)9-7(11(18)19)3-6(12)4-8(9)13/h3-5H,1-2H3,(H,18,19). The average molecular weight is 390 g/mol. The molecule has 1 N–H and O–H groups in total. The van der Waals surface area contributed by atoms with Gasteiger partial charge < -0.3 is 5.11 Å². The first kappa shape index (κ1) is 14.1. The van der Waals surface area contributed by atoms with Gasteiger partial charge in [-0.2, -0.15) is 4.68 Å². The summed E-state index contributed by atoms with van der Waals surface area (Å²) in [6, 6.07) is 3.28. The van der Waals surface area contributed by atoms with Gasteiger partial charge in [-0.3, -0.25) is 0 Å². The van der Waals surface area contributed by atoms with E-state index in [1.807, 2.05) is 13.8 Å². The second-order valence-corrected chi connectivity index (χ2v) is 5.96. The van der Waals surface area contributed by atoms with E-state index >= 15 is 0 Å². The van der Waals surface area contributed by atoms with Gasteiger partial charge in [0.25, 0.3) is 0 Å². The molecule has 100 valence electrons. The van der Waals surface area contributed by atoms with E-state index in [1.54, 1.807) is 6.07 Å². The zero-order chi connectivity index (χ0) is 14.2. The number of carboxylic acid groups (broad SMARTS) is 1. The molecule has 0 saturated carbocycles. The molecule has 0 aliphatic carbocycles. The van der Waals surface area contributed by atoms with Crippen molar-refractivity contribution in [2.24, 2.45) is 0 Å². The van der Waals surface area contributed by atoms with Crippen LogP contribution in [0.25, 0.3) is 5.69 Å². The Hall–Kier alpha value is -1.28. The first-order valence-electron chi connectivity index (χ1n) is 5.42. The van der Waals surface area contributed by atoms with Gasteiger partial charge in [-0.25, -0.2) is 4.79 Å². The highest BCUT2D eigenvalue weighted by Crippen LogP contribution is 2.30. The fourth-order valence-corrected chi connectivity index (χ4v) is 3.05. The molecule has 1 aromatic heterocycles. The smallest absolute Gasteiger partial charge is 0.337 e. The number of halogens is 2. The van der Waals surface area contributed by atoms with Crippen LogP contribution in [0.3, 0.4) is 0 Å². The van der Waals surface area contributed by atoms with Crippen LogP contribution >= 0.6 is 31.9 Å². The first-order chi connectivity index (χ1) is 8.91. The van der Waals surface area contributed by atoms with E-state index in [2.05, 4.69) is 47.4 Å². The van der Waals surface area contributed by atoms with Crippen molar-refractivity contribution in [2.75, 3.05) is 0 Å². The van der Waals surface area contributed by atoms with Crippen molar-refractivity contribution >= 4 is 37.8 Å². The Labute approximate surface area is 126 Å². The SMILES string of the molecule is CC(C)c1nnnn1-c1c(Br)cc(Br)cc1C(=O)O. The summed E-state index contributed by atoms with van der Waals surface area (Å²) in [6.07, 6.45) is 0. The first-order valence-corrected chi connectivity index (χ1v) is 7.01. The van der Waals surface area contributed by atoms with Crippen LogP contribution in [0, 0.1) is 0 Å². The molecule has 0 atom stereocenters. The van der Waals surface area contributed by atoms with E-state index in [1.165, 1.54) is 10.7 Å². The van der Waals surface area contributed by atoms with Gasteiger partial charge in [-0.15, -0.1) is 5.10 Å². The van der Waals surface area contributed by atoms with Crippen molar-refractivity contribution in [3.8, 4) is 5.69 Å². The lowest BCUT2D eigenvalue weighted by Crippen LogP contribution is -2.11. The number of nitrogens with zero attached hydrogens (tertiary/aromatic N) is 4. The fraction of sp³-hybridized carbons (Fsp3) is 0.273. The van der Waals surface area contributed by atoms with E-state index in [0.29, 0.717) is 20.5 Å². The molecule has 2 aromatic rings. The van der Waals surface area contributed by atoms with Crippen LogP contribution in [0.1, 0.15) is 35.9 Å². The number of carboxylic acids is 1. The third-order valence-corrected chi connectivity index (χ3v) is 3.54. The number of tetrazole rings is 1. The van der Waals surface area contributed by atoms with Gasteiger partial charge >= 0.3 is 5.97 Å². The van der Waals surface area contributed by atoms with E-state index in [0.717, 1.165) is 0 Å². The minimum absolute atomic E-state index is 0.0761. The molecule has 0 aliphatic heterocycles. The highest BCUT2D eigenvalue weighted by molar-refractivity contribution is 9.11. The largest absolute Gasteiger partial charge is 0.478 e. The number of hydrogen-bond donors (Lipinski definition) is 1. The van der Waals surface area contributed by atoms with E-state index < -0.39 is 5.97 Å². The Morgan fingerprint density at radius 2 is 2.05 bits per heavy atom. The summed E-state index contributed by atoms with van der Waals surface area (Å²) in [7, 11) is 0. The van der Waals surface area contributed by atoms with Gasteiger partial charge in [0.15, 0.2) is 5.82 Å². The molecule has 0 spiro atoms. The Kier molecular flexibility index (Phi) is 4.00. The highest BCUT2D eigenvalue weighted by Gasteiger charge is 2.21.